The molecule has 3 rings (SSSR count). The molecular formula is C15H19IN2O. The van der Waals surface area contributed by atoms with Crippen LogP contribution in [0.1, 0.15) is 25.7 Å². The van der Waals surface area contributed by atoms with Gasteiger partial charge in [-0.15, -0.1) is 0 Å². The van der Waals surface area contributed by atoms with Gasteiger partial charge in [0, 0.05) is 9.26 Å². The van der Waals surface area contributed by atoms with Gasteiger partial charge in [0.15, 0.2) is 0 Å². The Bertz CT molecular complexity index is 454. The van der Waals surface area contributed by atoms with Crippen molar-refractivity contribution in [1.29, 1.82) is 0 Å². The number of hydrogen-bond donors (Lipinski definition) is 2. The van der Waals surface area contributed by atoms with Crippen LogP contribution in [0.4, 0.5) is 5.69 Å². The monoisotopic (exact) mass is 370 g/mol. The second-order valence-electron chi connectivity index (χ2n) is 5.77. The summed E-state index contributed by atoms with van der Waals surface area (Å²) in [4.78, 5) is 12.3. The van der Waals surface area contributed by atoms with E-state index in [1.54, 1.807) is 0 Å². The molecule has 19 heavy (non-hydrogen) atoms. The Morgan fingerprint density at radius 3 is 2.16 bits per heavy atom. The van der Waals surface area contributed by atoms with E-state index < -0.39 is 0 Å². The standard InChI is InChI=1S/C15H19IN2O/c16-11-5-7-12(8-6-11)18-15(19)14(17)13(9-1-2-9)10-3-4-10/h5-10,13-14H,1-4,17H2,(H,18,19)/t14-/m0/s1. The van der Waals surface area contributed by atoms with Gasteiger partial charge in [-0.25, -0.2) is 0 Å². The molecule has 0 unspecified atom stereocenters. The van der Waals surface area contributed by atoms with Crippen LogP contribution >= 0.6 is 22.6 Å². The van der Waals surface area contributed by atoms with Crippen molar-refractivity contribution in [2.75, 3.05) is 5.32 Å². The van der Waals surface area contributed by atoms with Gasteiger partial charge < -0.3 is 11.1 Å². The summed E-state index contributed by atoms with van der Waals surface area (Å²) in [5.41, 5.74) is 7.05. The Hall–Kier alpha value is -0.620. The summed E-state index contributed by atoms with van der Waals surface area (Å²) in [7, 11) is 0. The van der Waals surface area contributed by atoms with Crippen LogP contribution in [0, 0.1) is 21.3 Å². The van der Waals surface area contributed by atoms with Crippen LogP contribution in [-0.2, 0) is 4.79 Å². The van der Waals surface area contributed by atoms with E-state index in [1.807, 2.05) is 24.3 Å². The van der Waals surface area contributed by atoms with Gasteiger partial charge in [-0.05, 0) is 90.3 Å². The van der Waals surface area contributed by atoms with Crippen LogP contribution in [0.15, 0.2) is 24.3 Å². The molecule has 0 spiro atoms. The Labute approximate surface area is 127 Å². The van der Waals surface area contributed by atoms with Gasteiger partial charge in [-0.2, -0.15) is 0 Å². The number of nitrogens with one attached hydrogen (secondary N) is 1. The van der Waals surface area contributed by atoms with E-state index in [0.29, 0.717) is 17.8 Å². The largest absolute Gasteiger partial charge is 0.325 e. The van der Waals surface area contributed by atoms with E-state index in [9.17, 15) is 4.79 Å². The smallest absolute Gasteiger partial charge is 0.241 e. The summed E-state index contributed by atoms with van der Waals surface area (Å²) in [6.07, 6.45) is 5.02. The first-order chi connectivity index (χ1) is 9.15. The van der Waals surface area contributed by atoms with Gasteiger partial charge in [0.1, 0.15) is 0 Å². The Morgan fingerprint density at radius 1 is 1.16 bits per heavy atom. The maximum Gasteiger partial charge on any atom is 0.241 e. The SMILES string of the molecule is N[C@H](C(=O)Nc1ccc(I)cc1)C(C1CC1)C1CC1. The van der Waals surface area contributed by atoms with Crippen molar-refractivity contribution in [1.82, 2.24) is 0 Å². The number of amides is 1. The molecule has 3 nitrogen and oxygen atoms in total. The maximum absolute atomic E-state index is 12.3. The van der Waals surface area contributed by atoms with Crippen molar-refractivity contribution in [3.05, 3.63) is 27.8 Å². The third kappa shape index (κ3) is 3.28. The minimum Gasteiger partial charge on any atom is -0.325 e. The zero-order valence-electron chi connectivity index (χ0n) is 10.8. The van der Waals surface area contributed by atoms with E-state index in [1.165, 1.54) is 25.7 Å². The summed E-state index contributed by atoms with van der Waals surface area (Å²) in [5, 5.41) is 2.95. The van der Waals surface area contributed by atoms with Gasteiger partial charge in [-0.1, -0.05) is 0 Å². The molecule has 0 heterocycles. The number of nitrogens with two attached hydrogens (primary N) is 1. The highest BCUT2D eigenvalue weighted by atomic mass is 127. The lowest BCUT2D eigenvalue weighted by Crippen LogP contribution is -2.43. The lowest BCUT2D eigenvalue weighted by molar-refractivity contribution is -0.118. The average molecular weight is 370 g/mol. The molecule has 1 aromatic rings. The van der Waals surface area contributed by atoms with Crippen LogP contribution in [-0.4, -0.2) is 11.9 Å². The molecule has 0 aliphatic heterocycles. The van der Waals surface area contributed by atoms with Crippen LogP contribution in [0.25, 0.3) is 0 Å². The third-order valence-corrected chi connectivity index (χ3v) is 4.88. The Kier molecular flexibility index (Phi) is 3.80. The molecule has 0 bridgehead atoms. The minimum absolute atomic E-state index is 0.0231. The van der Waals surface area contributed by atoms with Crippen LogP contribution in [0.5, 0.6) is 0 Å². The van der Waals surface area contributed by atoms with Crippen LogP contribution in [0.3, 0.4) is 0 Å². The number of halogens is 1. The molecule has 1 amide bonds. The van der Waals surface area contributed by atoms with E-state index in [-0.39, 0.29) is 11.9 Å². The number of anilines is 1. The molecule has 0 saturated heterocycles. The molecule has 102 valence electrons. The highest BCUT2D eigenvalue weighted by molar-refractivity contribution is 14.1. The van der Waals surface area contributed by atoms with E-state index in [0.717, 1.165) is 9.26 Å². The lowest BCUT2D eigenvalue weighted by atomic mass is 9.89. The predicted molar refractivity (Wildman–Crippen MR) is 84.7 cm³/mol. The second kappa shape index (κ2) is 5.40. The van der Waals surface area contributed by atoms with Crippen LogP contribution < -0.4 is 11.1 Å². The summed E-state index contributed by atoms with van der Waals surface area (Å²) in [5.74, 6) is 1.78. The zero-order valence-corrected chi connectivity index (χ0v) is 13.0. The fraction of sp³-hybridized carbons (Fsp3) is 0.533. The molecule has 0 radical (unpaired) electrons. The quantitative estimate of drug-likeness (QED) is 0.783. The molecule has 1 atom stereocenters. The van der Waals surface area contributed by atoms with Crippen molar-refractivity contribution in [2.45, 2.75) is 31.7 Å². The lowest BCUT2D eigenvalue weighted by Gasteiger charge is -2.22. The highest BCUT2D eigenvalue weighted by Crippen LogP contribution is 2.50. The zero-order chi connectivity index (χ0) is 13.4. The summed E-state index contributed by atoms with van der Waals surface area (Å²) >= 11 is 2.25. The summed E-state index contributed by atoms with van der Waals surface area (Å²) < 4.78 is 1.16. The molecule has 3 N–H and O–H groups in total. The molecule has 2 aliphatic carbocycles. The topological polar surface area (TPSA) is 55.1 Å². The molecule has 2 aliphatic rings. The van der Waals surface area contributed by atoms with Crippen molar-refractivity contribution >= 4 is 34.2 Å². The molecule has 2 fully saturated rings. The van der Waals surface area contributed by atoms with Gasteiger partial charge in [0.05, 0.1) is 6.04 Å². The number of carbonyl (C=O) groups is 1. The van der Waals surface area contributed by atoms with Gasteiger partial charge >= 0.3 is 0 Å². The Morgan fingerprint density at radius 2 is 1.68 bits per heavy atom. The molecule has 2 saturated carbocycles. The predicted octanol–water partition coefficient (Wildman–Crippen LogP) is 2.99. The van der Waals surface area contributed by atoms with Crippen LogP contribution in [0.2, 0.25) is 0 Å². The van der Waals surface area contributed by atoms with Gasteiger partial charge in [0.2, 0.25) is 5.91 Å². The number of rotatable bonds is 5. The fourth-order valence-electron chi connectivity index (χ4n) is 2.87. The van der Waals surface area contributed by atoms with E-state index in [4.69, 9.17) is 5.73 Å². The van der Waals surface area contributed by atoms with Crippen molar-refractivity contribution in [3.8, 4) is 0 Å². The van der Waals surface area contributed by atoms with Gasteiger partial charge in [0.25, 0.3) is 0 Å². The first-order valence-electron chi connectivity index (χ1n) is 6.97. The first-order valence-corrected chi connectivity index (χ1v) is 8.05. The maximum atomic E-state index is 12.3. The molecule has 1 aromatic carbocycles. The molecule has 4 heteroatoms. The van der Waals surface area contributed by atoms with Crippen molar-refractivity contribution in [3.63, 3.8) is 0 Å². The van der Waals surface area contributed by atoms with Crippen molar-refractivity contribution in [2.24, 2.45) is 23.5 Å². The molecule has 0 aromatic heterocycles. The van der Waals surface area contributed by atoms with Gasteiger partial charge in [-0.3, -0.25) is 4.79 Å². The third-order valence-electron chi connectivity index (χ3n) is 4.16. The van der Waals surface area contributed by atoms with E-state index in [2.05, 4.69) is 27.9 Å². The van der Waals surface area contributed by atoms with Crippen molar-refractivity contribution < 1.29 is 4.79 Å². The fourth-order valence-corrected chi connectivity index (χ4v) is 3.23. The number of hydrogen-bond acceptors (Lipinski definition) is 2. The summed E-state index contributed by atoms with van der Waals surface area (Å²) in [6.45, 7) is 0. The number of benzene rings is 1. The second-order valence-corrected chi connectivity index (χ2v) is 7.02. The average Bonchev–Trinajstić information content (AvgIpc) is 3.25. The van der Waals surface area contributed by atoms with E-state index >= 15 is 0 Å². The summed E-state index contributed by atoms with van der Waals surface area (Å²) in [6, 6.07) is 7.48. The highest BCUT2D eigenvalue weighted by Gasteiger charge is 2.46. The minimum atomic E-state index is -0.348. The normalized spacial score (nSPS) is 20.4. The number of carbonyl (C=O) groups excluding carboxylic acids is 1. The Balaban J connectivity index is 1.63. The molecular weight excluding hydrogens is 351 g/mol. The first kappa shape index (κ1) is 13.4.